The van der Waals surface area contributed by atoms with Crippen molar-refractivity contribution in [1.82, 2.24) is 4.83 Å². The van der Waals surface area contributed by atoms with Crippen molar-refractivity contribution < 1.29 is 8.42 Å². The normalized spacial score (nSPS) is 13.4. The van der Waals surface area contributed by atoms with Gasteiger partial charge in [-0.2, -0.15) is 13.5 Å². The van der Waals surface area contributed by atoms with Crippen LogP contribution in [0.4, 0.5) is 5.69 Å². The van der Waals surface area contributed by atoms with Crippen LogP contribution in [0.3, 0.4) is 0 Å². The first-order valence-electron chi connectivity index (χ1n) is 5.55. The molecular weight excluding hydrogens is 250 g/mol. The number of nitrogens with two attached hydrogens (primary N) is 1. The molecule has 0 saturated carbocycles. The minimum atomic E-state index is -3.63. The van der Waals surface area contributed by atoms with E-state index in [1.807, 2.05) is 20.8 Å². The van der Waals surface area contributed by atoms with Crippen LogP contribution in [-0.4, -0.2) is 14.1 Å². The molecule has 100 valence electrons. The zero-order valence-electron chi connectivity index (χ0n) is 11.1. The summed E-state index contributed by atoms with van der Waals surface area (Å²) in [4.78, 5) is 2.36. The van der Waals surface area contributed by atoms with Gasteiger partial charge in [-0.25, -0.2) is 4.83 Å². The number of nitrogen functional groups attached to an aromatic ring is 1. The van der Waals surface area contributed by atoms with E-state index in [9.17, 15) is 8.42 Å². The number of rotatable bonds is 3. The Balaban J connectivity index is 2.94. The van der Waals surface area contributed by atoms with E-state index in [1.165, 1.54) is 24.3 Å². The molecular formula is C12H19N3O2S. The number of nitrogens with one attached hydrogen (secondary N) is 1. The Labute approximate surface area is 108 Å². The van der Waals surface area contributed by atoms with E-state index < -0.39 is 10.0 Å². The average Bonchev–Trinajstić information content (AvgIpc) is 2.25. The molecule has 0 aliphatic rings. The molecule has 0 unspecified atom stereocenters. The van der Waals surface area contributed by atoms with Crippen molar-refractivity contribution >= 4 is 21.4 Å². The Morgan fingerprint density at radius 2 is 1.72 bits per heavy atom. The first-order chi connectivity index (χ1) is 8.13. The molecule has 0 aliphatic heterocycles. The number of nitrogens with zero attached hydrogens (tertiary/aromatic N) is 1. The maximum Gasteiger partial charge on any atom is 0.276 e. The second-order valence-corrected chi connectivity index (χ2v) is 6.77. The average molecular weight is 269 g/mol. The quantitative estimate of drug-likeness (QED) is 0.500. The molecule has 3 N–H and O–H groups in total. The second-order valence-electron chi connectivity index (χ2n) is 5.11. The first kappa shape index (κ1) is 14.5. The summed E-state index contributed by atoms with van der Waals surface area (Å²) in [6.07, 6.45) is 0. The number of benzene rings is 1. The van der Waals surface area contributed by atoms with E-state index in [-0.39, 0.29) is 10.3 Å². The topological polar surface area (TPSA) is 84.5 Å². The van der Waals surface area contributed by atoms with Crippen LogP contribution >= 0.6 is 0 Å². The minimum absolute atomic E-state index is 0.141. The third kappa shape index (κ3) is 3.73. The fourth-order valence-electron chi connectivity index (χ4n) is 0.996. The summed E-state index contributed by atoms with van der Waals surface area (Å²) in [5.74, 6) is 0. The van der Waals surface area contributed by atoms with Crippen molar-refractivity contribution in [1.29, 1.82) is 0 Å². The predicted molar refractivity (Wildman–Crippen MR) is 73.7 cm³/mol. The standard InChI is InChI=1S/C12H19N3O2S/c1-9(12(2,3)4)14-15-18(16,17)11-7-5-10(13)6-8-11/h5-8,15H,13H2,1-4H3. The smallest absolute Gasteiger partial charge is 0.276 e. The predicted octanol–water partition coefficient (Wildman–Crippen LogP) is 1.97. The molecule has 5 nitrogen and oxygen atoms in total. The summed E-state index contributed by atoms with van der Waals surface area (Å²) < 4.78 is 23.8. The van der Waals surface area contributed by atoms with Gasteiger partial charge in [-0.3, -0.25) is 0 Å². The van der Waals surface area contributed by atoms with Gasteiger partial charge >= 0.3 is 0 Å². The SMILES string of the molecule is CC(=NNS(=O)(=O)c1ccc(N)cc1)C(C)(C)C. The Bertz CT molecular complexity index is 540. The van der Waals surface area contributed by atoms with Crippen LogP contribution in [0.5, 0.6) is 0 Å². The molecule has 0 amide bonds. The van der Waals surface area contributed by atoms with Crippen LogP contribution in [0.15, 0.2) is 34.3 Å². The third-order valence-corrected chi connectivity index (χ3v) is 3.83. The molecule has 1 rings (SSSR count). The van der Waals surface area contributed by atoms with Crippen LogP contribution in [0.1, 0.15) is 27.7 Å². The number of hydrazone groups is 1. The zero-order chi connectivity index (χ0) is 14.0. The molecule has 1 aromatic rings. The molecule has 18 heavy (non-hydrogen) atoms. The molecule has 0 atom stereocenters. The monoisotopic (exact) mass is 269 g/mol. The molecule has 0 aromatic heterocycles. The Kier molecular flexibility index (Phi) is 4.01. The van der Waals surface area contributed by atoms with E-state index >= 15 is 0 Å². The highest BCUT2D eigenvalue weighted by molar-refractivity contribution is 7.89. The zero-order valence-corrected chi connectivity index (χ0v) is 11.9. The largest absolute Gasteiger partial charge is 0.399 e. The highest BCUT2D eigenvalue weighted by atomic mass is 32.2. The van der Waals surface area contributed by atoms with Gasteiger partial charge < -0.3 is 5.73 Å². The summed E-state index contributed by atoms with van der Waals surface area (Å²) in [5.41, 5.74) is 6.56. The molecule has 0 heterocycles. The molecule has 0 fully saturated rings. The van der Waals surface area contributed by atoms with Crippen molar-refractivity contribution in [2.75, 3.05) is 5.73 Å². The molecule has 0 radical (unpaired) electrons. The maximum atomic E-state index is 11.9. The lowest BCUT2D eigenvalue weighted by Crippen LogP contribution is -2.24. The van der Waals surface area contributed by atoms with E-state index in [1.54, 1.807) is 6.92 Å². The summed E-state index contributed by atoms with van der Waals surface area (Å²) >= 11 is 0. The lowest BCUT2D eigenvalue weighted by atomic mass is 9.91. The Morgan fingerprint density at radius 1 is 1.22 bits per heavy atom. The number of anilines is 1. The summed E-state index contributed by atoms with van der Waals surface area (Å²) in [5, 5.41) is 3.91. The highest BCUT2D eigenvalue weighted by Gasteiger charge is 2.17. The van der Waals surface area contributed by atoms with Gasteiger partial charge in [0.2, 0.25) is 0 Å². The van der Waals surface area contributed by atoms with Gasteiger partial charge in [0, 0.05) is 16.8 Å². The van der Waals surface area contributed by atoms with Gasteiger partial charge in [-0.1, -0.05) is 20.8 Å². The molecule has 0 aliphatic carbocycles. The van der Waals surface area contributed by atoms with Gasteiger partial charge in [0.25, 0.3) is 10.0 Å². The van der Waals surface area contributed by atoms with Gasteiger partial charge in [0.05, 0.1) is 4.90 Å². The lowest BCUT2D eigenvalue weighted by molar-refractivity contribution is 0.571. The number of hydrogen-bond acceptors (Lipinski definition) is 4. The maximum absolute atomic E-state index is 11.9. The fraction of sp³-hybridized carbons (Fsp3) is 0.417. The Hall–Kier alpha value is -1.56. The summed E-state index contributed by atoms with van der Waals surface area (Å²) in [6, 6.07) is 5.96. The molecule has 6 heteroatoms. The van der Waals surface area contributed by atoms with E-state index in [0.717, 1.165) is 0 Å². The van der Waals surface area contributed by atoms with Gasteiger partial charge in [0.15, 0.2) is 0 Å². The molecule has 0 bridgehead atoms. The van der Waals surface area contributed by atoms with Crippen molar-refractivity contribution in [3.8, 4) is 0 Å². The molecule has 0 saturated heterocycles. The van der Waals surface area contributed by atoms with Crippen molar-refractivity contribution in [2.45, 2.75) is 32.6 Å². The van der Waals surface area contributed by atoms with E-state index in [0.29, 0.717) is 11.4 Å². The lowest BCUT2D eigenvalue weighted by Gasteiger charge is -2.17. The van der Waals surface area contributed by atoms with E-state index in [2.05, 4.69) is 9.93 Å². The fourth-order valence-corrected chi connectivity index (χ4v) is 1.85. The van der Waals surface area contributed by atoms with Crippen LogP contribution in [0.25, 0.3) is 0 Å². The van der Waals surface area contributed by atoms with Crippen LogP contribution in [0.2, 0.25) is 0 Å². The molecule has 0 spiro atoms. The summed E-state index contributed by atoms with van der Waals surface area (Å²) in [7, 11) is -3.63. The van der Waals surface area contributed by atoms with Gasteiger partial charge in [-0.15, -0.1) is 0 Å². The van der Waals surface area contributed by atoms with Crippen molar-refractivity contribution in [3.63, 3.8) is 0 Å². The van der Waals surface area contributed by atoms with Crippen LogP contribution in [-0.2, 0) is 10.0 Å². The van der Waals surface area contributed by atoms with Crippen molar-refractivity contribution in [3.05, 3.63) is 24.3 Å². The second kappa shape index (κ2) is 4.97. The summed E-state index contributed by atoms with van der Waals surface area (Å²) in [6.45, 7) is 7.67. The van der Waals surface area contributed by atoms with Crippen LogP contribution < -0.4 is 10.6 Å². The van der Waals surface area contributed by atoms with Gasteiger partial charge in [-0.05, 0) is 31.2 Å². The third-order valence-electron chi connectivity index (χ3n) is 2.61. The number of hydrogen-bond donors (Lipinski definition) is 2. The van der Waals surface area contributed by atoms with Gasteiger partial charge in [0.1, 0.15) is 0 Å². The van der Waals surface area contributed by atoms with Crippen molar-refractivity contribution in [2.24, 2.45) is 10.5 Å². The first-order valence-corrected chi connectivity index (χ1v) is 7.03. The minimum Gasteiger partial charge on any atom is -0.399 e. The highest BCUT2D eigenvalue weighted by Crippen LogP contribution is 2.16. The van der Waals surface area contributed by atoms with E-state index in [4.69, 9.17) is 5.73 Å². The Morgan fingerprint density at radius 3 is 2.17 bits per heavy atom. The molecule has 1 aromatic carbocycles. The van der Waals surface area contributed by atoms with Crippen LogP contribution in [0, 0.1) is 5.41 Å². The number of sulfonamides is 1.